The van der Waals surface area contributed by atoms with Crippen molar-refractivity contribution in [3.05, 3.63) is 0 Å². The first-order valence-electron chi connectivity index (χ1n) is 8.11. The summed E-state index contributed by atoms with van der Waals surface area (Å²) in [6, 6.07) is 0.529. The Balaban J connectivity index is 2.20. The lowest BCUT2D eigenvalue weighted by molar-refractivity contribution is 0.107. The fourth-order valence-electron chi connectivity index (χ4n) is 2.54. The minimum atomic E-state index is 0.529. The summed E-state index contributed by atoms with van der Waals surface area (Å²) in [4.78, 5) is 9.31. The van der Waals surface area contributed by atoms with Crippen molar-refractivity contribution in [2.45, 2.75) is 26.3 Å². The van der Waals surface area contributed by atoms with Crippen molar-refractivity contribution in [1.29, 1.82) is 0 Å². The Bertz CT molecular complexity index is 290. The van der Waals surface area contributed by atoms with Crippen LogP contribution >= 0.6 is 0 Å². The highest BCUT2D eigenvalue weighted by atomic mass is 16.5. The Morgan fingerprint density at radius 2 is 1.95 bits per heavy atom. The van der Waals surface area contributed by atoms with Gasteiger partial charge in [0.25, 0.3) is 0 Å². The van der Waals surface area contributed by atoms with Crippen LogP contribution < -0.4 is 10.6 Å². The van der Waals surface area contributed by atoms with E-state index in [2.05, 4.69) is 39.3 Å². The minimum Gasteiger partial charge on any atom is -0.385 e. The zero-order valence-corrected chi connectivity index (χ0v) is 14.2. The number of ether oxygens (including phenoxy) is 1. The van der Waals surface area contributed by atoms with Crippen molar-refractivity contribution < 1.29 is 4.74 Å². The van der Waals surface area contributed by atoms with Crippen molar-refractivity contribution in [3.63, 3.8) is 0 Å². The highest BCUT2D eigenvalue weighted by Gasteiger charge is 2.19. The molecule has 0 spiro atoms. The van der Waals surface area contributed by atoms with Crippen molar-refractivity contribution >= 4 is 5.96 Å². The molecule has 0 aliphatic carbocycles. The van der Waals surface area contributed by atoms with E-state index in [1.807, 2.05) is 7.05 Å². The van der Waals surface area contributed by atoms with Crippen LogP contribution in [0.25, 0.3) is 0 Å². The lowest BCUT2D eigenvalue weighted by Crippen LogP contribution is -2.53. The van der Waals surface area contributed by atoms with Gasteiger partial charge in [-0.1, -0.05) is 6.92 Å². The number of methoxy groups -OCH3 is 1. The number of hydrogen-bond donors (Lipinski definition) is 2. The largest absolute Gasteiger partial charge is 0.385 e. The van der Waals surface area contributed by atoms with Gasteiger partial charge in [-0.25, -0.2) is 0 Å². The average molecular weight is 299 g/mol. The van der Waals surface area contributed by atoms with E-state index in [-0.39, 0.29) is 0 Å². The Labute approximate surface area is 129 Å². The topological polar surface area (TPSA) is 52.1 Å². The standard InChI is InChI=1S/C15H33N5O/c1-5-19-8-10-20(11-9-19)14(2)13-18-15(16-3)17-7-6-12-21-4/h14H,5-13H2,1-4H3,(H2,16,17,18). The Kier molecular flexibility index (Phi) is 9.37. The van der Waals surface area contributed by atoms with Gasteiger partial charge in [-0.05, 0) is 19.9 Å². The molecule has 21 heavy (non-hydrogen) atoms. The first-order chi connectivity index (χ1) is 10.2. The molecule has 0 aromatic heterocycles. The summed E-state index contributed by atoms with van der Waals surface area (Å²) in [5.41, 5.74) is 0. The normalized spacial score (nSPS) is 19.5. The monoisotopic (exact) mass is 299 g/mol. The molecule has 1 rings (SSSR count). The molecule has 0 aromatic rings. The summed E-state index contributed by atoms with van der Waals surface area (Å²) >= 11 is 0. The van der Waals surface area contributed by atoms with Crippen LogP contribution in [0, 0.1) is 0 Å². The van der Waals surface area contributed by atoms with E-state index in [1.165, 1.54) is 19.6 Å². The lowest BCUT2D eigenvalue weighted by Gasteiger charge is -2.37. The van der Waals surface area contributed by atoms with Crippen LogP contribution in [0.4, 0.5) is 0 Å². The van der Waals surface area contributed by atoms with E-state index in [4.69, 9.17) is 4.74 Å². The molecule has 1 saturated heterocycles. The molecule has 1 aliphatic rings. The SMILES string of the molecule is CCN1CCN(C(C)CNC(=NC)NCCCOC)CC1. The van der Waals surface area contributed by atoms with Gasteiger partial charge in [0.2, 0.25) is 0 Å². The molecule has 0 aromatic carbocycles. The molecule has 1 aliphatic heterocycles. The molecule has 6 heteroatoms. The number of guanidine groups is 1. The van der Waals surface area contributed by atoms with Gasteiger partial charge in [0.1, 0.15) is 0 Å². The van der Waals surface area contributed by atoms with E-state index < -0.39 is 0 Å². The van der Waals surface area contributed by atoms with E-state index in [0.717, 1.165) is 45.2 Å². The molecule has 6 nitrogen and oxygen atoms in total. The zero-order valence-electron chi connectivity index (χ0n) is 14.2. The van der Waals surface area contributed by atoms with E-state index in [9.17, 15) is 0 Å². The van der Waals surface area contributed by atoms with Crippen molar-refractivity contribution in [2.24, 2.45) is 4.99 Å². The van der Waals surface area contributed by atoms with Gasteiger partial charge in [0.15, 0.2) is 5.96 Å². The highest BCUT2D eigenvalue weighted by molar-refractivity contribution is 5.79. The van der Waals surface area contributed by atoms with Gasteiger partial charge in [-0.3, -0.25) is 9.89 Å². The van der Waals surface area contributed by atoms with E-state index >= 15 is 0 Å². The summed E-state index contributed by atoms with van der Waals surface area (Å²) in [6.45, 7) is 13.0. The van der Waals surface area contributed by atoms with Crippen molar-refractivity contribution in [2.75, 3.05) is 66.6 Å². The second-order valence-corrected chi connectivity index (χ2v) is 5.55. The number of rotatable bonds is 8. The van der Waals surface area contributed by atoms with Gasteiger partial charge >= 0.3 is 0 Å². The molecule has 1 unspecified atom stereocenters. The van der Waals surface area contributed by atoms with E-state index in [1.54, 1.807) is 7.11 Å². The maximum Gasteiger partial charge on any atom is 0.191 e. The van der Waals surface area contributed by atoms with Crippen LogP contribution in [0.5, 0.6) is 0 Å². The smallest absolute Gasteiger partial charge is 0.191 e. The average Bonchev–Trinajstić information content (AvgIpc) is 2.54. The second kappa shape index (κ2) is 10.8. The molecular formula is C15H33N5O. The zero-order chi connectivity index (χ0) is 15.5. The van der Waals surface area contributed by atoms with Crippen LogP contribution in [0.1, 0.15) is 20.3 Å². The van der Waals surface area contributed by atoms with Crippen LogP contribution in [-0.2, 0) is 4.74 Å². The van der Waals surface area contributed by atoms with Crippen molar-refractivity contribution in [3.8, 4) is 0 Å². The second-order valence-electron chi connectivity index (χ2n) is 5.55. The molecule has 2 N–H and O–H groups in total. The number of piperazine rings is 1. The highest BCUT2D eigenvalue weighted by Crippen LogP contribution is 2.05. The molecule has 124 valence electrons. The van der Waals surface area contributed by atoms with Crippen LogP contribution in [0.3, 0.4) is 0 Å². The molecule has 1 heterocycles. The predicted molar refractivity (Wildman–Crippen MR) is 89.0 cm³/mol. The Morgan fingerprint density at radius 1 is 1.24 bits per heavy atom. The summed E-state index contributed by atoms with van der Waals surface area (Å²) in [6.07, 6.45) is 0.992. The van der Waals surface area contributed by atoms with Crippen LogP contribution in [0.15, 0.2) is 4.99 Å². The van der Waals surface area contributed by atoms with E-state index in [0.29, 0.717) is 6.04 Å². The van der Waals surface area contributed by atoms with Crippen LogP contribution in [-0.4, -0.2) is 88.4 Å². The third-order valence-corrected chi connectivity index (χ3v) is 4.08. The summed E-state index contributed by atoms with van der Waals surface area (Å²) in [5.74, 6) is 0.880. The Hall–Kier alpha value is -0.850. The number of aliphatic imine (C=N–C) groups is 1. The van der Waals surface area contributed by atoms with Gasteiger partial charge in [-0.15, -0.1) is 0 Å². The van der Waals surface area contributed by atoms with Crippen molar-refractivity contribution in [1.82, 2.24) is 20.4 Å². The Morgan fingerprint density at radius 3 is 2.52 bits per heavy atom. The minimum absolute atomic E-state index is 0.529. The van der Waals surface area contributed by atoms with Crippen LogP contribution in [0.2, 0.25) is 0 Å². The number of nitrogens with one attached hydrogen (secondary N) is 2. The van der Waals surface area contributed by atoms with Gasteiger partial charge in [0, 0.05) is 66.1 Å². The molecule has 1 fully saturated rings. The molecule has 1 atom stereocenters. The third-order valence-electron chi connectivity index (χ3n) is 4.08. The maximum absolute atomic E-state index is 5.04. The number of likely N-dealkylation sites (N-methyl/N-ethyl adjacent to an activating group) is 1. The number of nitrogens with zero attached hydrogens (tertiary/aromatic N) is 3. The summed E-state index contributed by atoms with van der Waals surface area (Å²) in [7, 11) is 3.55. The van der Waals surface area contributed by atoms with Gasteiger partial charge in [-0.2, -0.15) is 0 Å². The molecule has 0 amide bonds. The van der Waals surface area contributed by atoms with Gasteiger partial charge < -0.3 is 20.3 Å². The molecule has 0 radical (unpaired) electrons. The molecule has 0 saturated carbocycles. The maximum atomic E-state index is 5.04. The summed E-state index contributed by atoms with van der Waals surface area (Å²) in [5, 5.41) is 6.72. The first kappa shape index (κ1) is 18.2. The lowest BCUT2D eigenvalue weighted by atomic mass is 10.2. The quantitative estimate of drug-likeness (QED) is 0.381. The fraction of sp³-hybridized carbons (Fsp3) is 0.933. The summed E-state index contributed by atoms with van der Waals surface area (Å²) < 4.78 is 5.04. The molecular weight excluding hydrogens is 266 g/mol. The van der Waals surface area contributed by atoms with Gasteiger partial charge in [0.05, 0.1) is 0 Å². The first-order valence-corrected chi connectivity index (χ1v) is 8.11. The third kappa shape index (κ3) is 7.11. The molecule has 0 bridgehead atoms. The predicted octanol–water partition coefficient (Wildman–Crippen LogP) is 0.214. The fourth-order valence-corrected chi connectivity index (χ4v) is 2.54. The number of hydrogen-bond acceptors (Lipinski definition) is 4.